The van der Waals surface area contributed by atoms with Crippen molar-refractivity contribution in [2.45, 2.75) is 18.6 Å². The van der Waals surface area contributed by atoms with E-state index in [0.717, 1.165) is 29.9 Å². The summed E-state index contributed by atoms with van der Waals surface area (Å²) in [5.74, 6) is 0.911. The van der Waals surface area contributed by atoms with E-state index < -0.39 is 0 Å². The summed E-state index contributed by atoms with van der Waals surface area (Å²) in [6.45, 7) is 1.52. The van der Waals surface area contributed by atoms with Crippen molar-refractivity contribution < 1.29 is 9.15 Å². The van der Waals surface area contributed by atoms with Gasteiger partial charge < -0.3 is 19.4 Å². The van der Waals surface area contributed by atoms with Crippen molar-refractivity contribution in [1.29, 1.82) is 0 Å². The van der Waals surface area contributed by atoms with Gasteiger partial charge >= 0.3 is 0 Å². The number of fused-ring (bicyclic) bond motifs is 1. The van der Waals surface area contributed by atoms with Gasteiger partial charge in [-0.15, -0.1) is 0 Å². The van der Waals surface area contributed by atoms with Gasteiger partial charge in [-0.1, -0.05) is 12.1 Å². The van der Waals surface area contributed by atoms with Gasteiger partial charge in [-0.25, -0.2) is 9.97 Å². The standard InChI is InChI=1S/C17H19N5O2/c1-23-13-8-12(22(10-13)16-6-7-18-11-20-16)9-19-17-21-14-4-2-3-5-15(14)24-17/h2-7,11-13H,8-10H2,1H3,(H,19,21)/t12-,13-/m1/s1. The van der Waals surface area contributed by atoms with Crippen molar-refractivity contribution in [2.24, 2.45) is 0 Å². The van der Waals surface area contributed by atoms with Crippen LogP contribution >= 0.6 is 0 Å². The fourth-order valence-electron chi connectivity index (χ4n) is 3.13. The lowest BCUT2D eigenvalue weighted by Gasteiger charge is -2.25. The van der Waals surface area contributed by atoms with Crippen LogP contribution in [0, 0.1) is 0 Å². The molecule has 1 fully saturated rings. The molecule has 0 bridgehead atoms. The van der Waals surface area contributed by atoms with E-state index >= 15 is 0 Å². The van der Waals surface area contributed by atoms with Crippen molar-refractivity contribution >= 4 is 22.9 Å². The van der Waals surface area contributed by atoms with Gasteiger partial charge in [0, 0.05) is 26.4 Å². The highest BCUT2D eigenvalue weighted by Gasteiger charge is 2.33. The first kappa shape index (κ1) is 14.9. The van der Waals surface area contributed by atoms with Gasteiger partial charge in [0.2, 0.25) is 0 Å². The van der Waals surface area contributed by atoms with Crippen molar-refractivity contribution in [3.8, 4) is 0 Å². The number of oxazole rings is 1. The molecule has 0 radical (unpaired) electrons. The third-order valence-electron chi connectivity index (χ3n) is 4.35. The molecule has 1 aromatic carbocycles. The second kappa shape index (κ2) is 6.45. The van der Waals surface area contributed by atoms with Gasteiger partial charge in [0.25, 0.3) is 6.01 Å². The normalized spacial score (nSPS) is 20.6. The molecule has 7 nitrogen and oxygen atoms in total. The molecule has 4 rings (SSSR count). The Labute approximate surface area is 139 Å². The highest BCUT2D eigenvalue weighted by molar-refractivity contribution is 5.74. The number of hydrogen-bond acceptors (Lipinski definition) is 7. The number of ether oxygens (including phenoxy) is 1. The number of benzene rings is 1. The predicted octanol–water partition coefficient (Wildman–Crippen LogP) is 2.32. The van der Waals surface area contributed by atoms with Gasteiger partial charge in [0.15, 0.2) is 5.58 Å². The smallest absolute Gasteiger partial charge is 0.295 e. The Kier molecular flexibility index (Phi) is 4.00. The number of nitrogens with zero attached hydrogens (tertiary/aromatic N) is 4. The van der Waals surface area contributed by atoms with Gasteiger partial charge in [-0.05, 0) is 24.6 Å². The molecule has 1 aliphatic heterocycles. The first-order chi connectivity index (χ1) is 11.8. The van der Waals surface area contributed by atoms with Crippen molar-refractivity contribution in [3.63, 3.8) is 0 Å². The molecule has 0 spiro atoms. The predicted molar refractivity (Wildman–Crippen MR) is 91.1 cm³/mol. The minimum atomic E-state index is 0.190. The molecule has 124 valence electrons. The number of aromatic nitrogens is 3. The first-order valence-corrected chi connectivity index (χ1v) is 7.98. The summed E-state index contributed by atoms with van der Waals surface area (Å²) in [4.78, 5) is 15.1. The third kappa shape index (κ3) is 2.90. The quantitative estimate of drug-likeness (QED) is 0.771. The SMILES string of the molecule is CO[C@@H]1C[C@H](CNc2nc3ccccc3o2)N(c2ccncn2)C1. The lowest BCUT2D eigenvalue weighted by Crippen LogP contribution is -2.35. The fourth-order valence-corrected chi connectivity index (χ4v) is 3.13. The van der Waals surface area contributed by atoms with Crippen LogP contribution in [0.15, 0.2) is 47.3 Å². The summed E-state index contributed by atoms with van der Waals surface area (Å²) in [5, 5.41) is 3.30. The maximum absolute atomic E-state index is 5.72. The highest BCUT2D eigenvalue weighted by Crippen LogP contribution is 2.26. The Morgan fingerprint density at radius 1 is 1.33 bits per heavy atom. The molecule has 1 aliphatic rings. The summed E-state index contributed by atoms with van der Waals surface area (Å²) < 4.78 is 11.3. The van der Waals surface area contributed by atoms with Gasteiger partial charge in [0.1, 0.15) is 17.7 Å². The van der Waals surface area contributed by atoms with Crippen LogP contribution in [-0.2, 0) is 4.74 Å². The summed E-state index contributed by atoms with van der Waals surface area (Å²) in [5.41, 5.74) is 1.64. The Morgan fingerprint density at radius 2 is 2.25 bits per heavy atom. The molecule has 1 N–H and O–H groups in total. The minimum absolute atomic E-state index is 0.190. The van der Waals surface area contributed by atoms with E-state index in [1.54, 1.807) is 19.6 Å². The number of hydrogen-bond donors (Lipinski definition) is 1. The van der Waals surface area contributed by atoms with E-state index in [2.05, 4.69) is 25.2 Å². The second-order valence-corrected chi connectivity index (χ2v) is 5.83. The minimum Gasteiger partial charge on any atom is -0.424 e. The average molecular weight is 325 g/mol. The molecule has 3 heterocycles. The van der Waals surface area contributed by atoms with E-state index in [0.29, 0.717) is 12.6 Å². The van der Waals surface area contributed by atoms with Crippen LogP contribution in [0.3, 0.4) is 0 Å². The lowest BCUT2D eigenvalue weighted by atomic mass is 10.2. The lowest BCUT2D eigenvalue weighted by molar-refractivity contribution is 0.118. The van der Waals surface area contributed by atoms with E-state index in [9.17, 15) is 0 Å². The monoisotopic (exact) mass is 325 g/mol. The number of methoxy groups -OCH3 is 1. The molecule has 2 atom stereocenters. The van der Waals surface area contributed by atoms with Crippen LogP contribution < -0.4 is 10.2 Å². The van der Waals surface area contributed by atoms with Crippen molar-refractivity contribution in [2.75, 3.05) is 30.4 Å². The molecule has 3 aromatic rings. The highest BCUT2D eigenvalue weighted by atomic mass is 16.5. The number of anilines is 2. The summed E-state index contributed by atoms with van der Waals surface area (Å²) >= 11 is 0. The van der Waals surface area contributed by atoms with Crippen LogP contribution in [-0.4, -0.2) is 47.3 Å². The fraction of sp³-hybridized carbons (Fsp3) is 0.353. The van der Waals surface area contributed by atoms with E-state index in [1.807, 2.05) is 30.3 Å². The number of nitrogens with one attached hydrogen (secondary N) is 1. The van der Waals surface area contributed by atoms with Crippen LogP contribution in [0.2, 0.25) is 0 Å². The Hall–Kier alpha value is -2.67. The van der Waals surface area contributed by atoms with Crippen molar-refractivity contribution in [1.82, 2.24) is 15.0 Å². The Morgan fingerprint density at radius 3 is 3.04 bits per heavy atom. The molecular weight excluding hydrogens is 306 g/mol. The molecule has 2 aromatic heterocycles. The van der Waals surface area contributed by atoms with E-state index in [1.165, 1.54) is 0 Å². The molecular formula is C17H19N5O2. The van der Waals surface area contributed by atoms with Crippen LogP contribution in [0.25, 0.3) is 11.1 Å². The third-order valence-corrected chi connectivity index (χ3v) is 4.35. The summed E-state index contributed by atoms with van der Waals surface area (Å²) in [7, 11) is 1.75. The zero-order valence-electron chi connectivity index (χ0n) is 13.4. The Balaban J connectivity index is 1.49. The topological polar surface area (TPSA) is 76.3 Å². The van der Waals surface area contributed by atoms with Crippen LogP contribution in [0.1, 0.15) is 6.42 Å². The largest absolute Gasteiger partial charge is 0.424 e. The van der Waals surface area contributed by atoms with E-state index in [-0.39, 0.29) is 12.1 Å². The number of para-hydroxylation sites is 2. The average Bonchev–Trinajstić information content (AvgIpc) is 3.24. The molecule has 0 amide bonds. The Bertz CT molecular complexity index is 774. The maximum atomic E-state index is 5.72. The van der Waals surface area contributed by atoms with Gasteiger partial charge in [-0.3, -0.25) is 0 Å². The van der Waals surface area contributed by atoms with Crippen molar-refractivity contribution in [3.05, 3.63) is 42.9 Å². The van der Waals surface area contributed by atoms with Crippen LogP contribution in [0.4, 0.5) is 11.8 Å². The zero-order valence-corrected chi connectivity index (χ0v) is 13.4. The molecule has 1 saturated heterocycles. The molecule has 0 unspecified atom stereocenters. The zero-order chi connectivity index (χ0) is 16.4. The van der Waals surface area contributed by atoms with E-state index in [4.69, 9.17) is 9.15 Å². The molecule has 7 heteroatoms. The summed E-state index contributed by atoms with van der Waals surface area (Å²) in [6.07, 6.45) is 4.44. The number of rotatable bonds is 5. The first-order valence-electron chi connectivity index (χ1n) is 7.98. The maximum Gasteiger partial charge on any atom is 0.295 e. The summed E-state index contributed by atoms with van der Waals surface area (Å²) in [6, 6.07) is 10.5. The van der Waals surface area contributed by atoms with Gasteiger partial charge in [-0.2, -0.15) is 4.98 Å². The molecule has 0 aliphatic carbocycles. The van der Waals surface area contributed by atoms with Crippen LogP contribution in [0.5, 0.6) is 0 Å². The molecule has 24 heavy (non-hydrogen) atoms. The molecule has 0 saturated carbocycles. The second-order valence-electron chi connectivity index (χ2n) is 5.83. The van der Waals surface area contributed by atoms with Gasteiger partial charge in [0.05, 0.1) is 12.1 Å².